The fourth-order valence-electron chi connectivity index (χ4n) is 1.63. The fourth-order valence-corrected chi connectivity index (χ4v) is 2.35. The minimum Gasteiger partial charge on any atom is -0.495 e. The van der Waals surface area contributed by atoms with Gasteiger partial charge in [-0.3, -0.25) is 5.10 Å². The molecule has 0 saturated heterocycles. The number of nitrogens with zero attached hydrogens (tertiary/aromatic N) is 1. The number of ether oxygens (including phenoxy) is 1. The number of hydrogen-bond donors (Lipinski definition) is 2. The monoisotopic (exact) mass is 281 g/mol. The first kappa shape index (κ1) is 11.0. The first-order chi connectivity index (χ1) is 7.61. The van der Waals surface area contributed by atoms with Crippen molar-refractivity contribution in [3.8, 4) is 17.0 Å². The van der Waals surface area contributed by atoms with Crippen LogP contribution in [0.3, 0.4) is 0 Å². The molecule has 5 heteroatoms. The normalized spacial score (nSPS) is 10.4. The number of nitrogens with one attached hydrogen (secondary N) is 1. The van der Waals surface area contributed by atoms with Crippen molar-refractivity contribution < 1.29 is 4.74 Å². The summed E-state index contributed by atoms with van der Waals surface area (Å²) in [6.07, 6.45) is 0. The van der Waals surface area contributed by atoms with E-state index in [1.807, 2.05) is 19.1 Å². The van der Waals surface area contributed by atoms with Gasteiger partial charge < -0.3 is 10.5 Å². The lowest BCUT2D eigenvalue weighted by molar-refractivity contribution is 0.409. The highest BCUT2D eigenvalue weighted by atomic mass is 79.9. The van der Waals surface area contributed by atoms with Crippen LogP contribution in [0, 0.1) is 6.92 Å². The fraction of sp³-hybridized carbons (Fsp3) is 0.182. The minimum atomic E-state index is 0.486. The van der Waals surface area contributed by atoms with Gasteiger partial charge in [0.25, 0.3) is 0 Å². The van der Waals surface area contributed by atoms with Crippen LogP contribution < -0.4 is 10.5 Å². The second-order valence-corrected chi connectivity index (χ2v) is 4.37. The Kier molecular flexibility index (Phi) is 2.87. The van der Waals surface area contributed by atoms with E-state index in [0.29, 0.717) is 5.82 Å². The summed E-state index contributed by atoms with van der Waals surface area (Å²) in [6.45, 7) is 1.99. The van der Waals surface area contributed by atoms with Crippen LogP contribution in [-0.2, 0) is 0 Å². The van der Waals surface area contributed by atoms with Gasteiger partial charge in [-0.05, 0) is 40.5 Å². The number of anilines is 1. The van der Waals surface area contributed by atoms with Gasteiger partial charge in [0.1, 0.15) is 11.6 Å². The lowest BCUT2D eigenvalue weighted by atomic mass is 10.1. The maximum absolute atomic E-state index is 5.57. The van der Waals surface area contributed by atoms with Gasteiger partial charge in [0.15, 0.2) is 0 Å². The van der Waals surface area contributed by atoms with Crippen LogP contribution in [0.15, 0.2) is 22.7 Å². The second kappa shape index (κ2) is 4.17. The number of nitrogens with two attached hydrogens (primary N) is 1. The highest BCUT2D eigenvalue weighted by molar-refractivity contribution is 9.10. The van der Waals surface area contributed by atoms with Crippen LogP contribution in [0.5, 0.6) is 5.75 Å². The van der Waals surface area contributed by atoms with E-state index in [1.165, 1.54) is 0 Å². The number of hydrogen-bond acceptors (Lipinski definition) is 3. The van der Waals surface area contributed by atoms with Crippen molar-refractivity contribution in [2.24, 2.45) is 0 Å². The average Bonchev–Trinajstić information content (AvgIpc) is 2.64. The van der Waals surface area contributed by atoms with Gasteiger partial charge >= 0.3 is 0 Å². The molecule has 1 aromatic heterocycles. The molecule has 1 heterocycles. The topological polar surface area (TPSA) is 63.9 Å². The summed E-state index contributed by atoms with van der Waals surface area (Å²) in [5.41, 5.74) is 8.54. The van der Waals surface area contributed by atoms with Crippen LogP contribution in [0.1, 0.15) is 5.56 Å². The molecule has 84 valence electrons. The van der Waals surface area contributed by atoms with Crippen molar-refractivity contribution in [1.82, 2.24) is 10.2 Å². The first-order valence-corrected chi connectivity index (χ1v) is 5.56. The van der Waals surface area contributed by atoms with Crippen molar-refractivity contribution in [1.29, 1.82) is 0 Å². The van der Waals surface area contributed by atoms with E-state index in [0.717, 1.165) is 27.0 Å². The Morgan fingerprint density at radius 1 is 1.38 bits per heavy atom. The number of aryl methyl sites for hydroxylation is 1. The lowest BCUT2D eigenvalue weighted by Crippen LogP contribution is -1.90. The second-order valence-electron chi connectivity index (χ2n) is 3.51. The molecule has 0 unspecified atom stereocenters. The van der Waals surface area contributed by atoms with Gasteiger partial charge in [0.2, 0.25) is 0 Å². The Hall–Kier alpha value is -1.49. The SMILES string of the molecule is COc1c(C)cc(-c2cc(N)n[nH]2)cc1Br. The third-order valence-electron chi connectivity index (χ3n) is 2.34. The quantitative estimate of drug-likeness (QED) is 0.890. The molecule has 4 nitrogen and oxygen atoms in total. The standard InChI is InChI=1S/C11H12BrN3O/c1-6-3-7(4-8(12)11(6)16-2)9-5-10(13)15-14-9/h3-5H,1-2H3,(H3,13,14,15). The van der Waals surface area contributed by atoms with E-state index in [-0.39, 0.29) is 0 Å². The van der Waals surface area contributed by atoms with Crippen LogP contribution in [0.25, 0.3) is 11.3 Å². The van der Waals surface area contributed by atoms with Crippen molar-refractivity contribution in [2.45, 2.75) is 6.92 Å². The van der Waals surface area contributed by atoms with Gasteiger partial charge in [-0.25, -0.2) is 0 Å². The van der Waals surface area contributed by atoms with Gasteiger partial charge in [0.05, 0.1) is 17.3 Å². The minimum absolute atomic E-state index is 0.486. The van der Waals surface area contributed by atoms with Crippen molar-refractivity contribution in [3.63, 3.8) is 0 Å². The molecule has 2 rings (SSSR count). The number of halogens is 1. The molecule has 0 aliphatic rings. The molecule has 0 bridgehead atoms. The zero-order valence-corrected chi connectivity index (χ0v) is 10.6. The molecule has 0 atom stereocenters. The van der Waals surface area contributed by atoms with Gasteiger partial charge in [-0.2, -0.15) is 5.10 Å². The molecule has 0 spiro atoms. The zero-order valence-electron chi connectivity index (χ0n) is 9.04. The largest absolute Gasteiger partial charge is 0.495 e. The van der Waals surface area contributed by atoms with Gasteiger partial charge in [0, 0.05) is 11.6 Å². The molecule has 0 saturated carbocycles. The Labute approximate surface area is 102 Å². The molecule has 0 aliphatic heterocycles. The van der Waals surface area contributed by atoms with Crippen LogP contribution in [0.4, 0.5) is 5.82 Å². The highest BCUT2D eigenvalue weighted by Crippen LogP contribution is 2.33. The molecule has 3 N–H and O–H groups in total. The summed E-state index contributed by atoms with van der Waals surface area (Å²) in [5, 5.41) is 6.78. The Balaban J connectivity index is 2.52. The molecule has 0 amide bonds. The summed E-state index contributed by atoms with van der Waals surface area (Å²) >= 11 is 3.47. The number of aromatic amines is 1. The first-order valence-electron chi connectivity index (χ1n) is 4.77. The molecular weight excluding hydrogens is 270 g/mol. The molecule has 0 aliphatic carbocycles. The maximum Gasteiger partial charge on any atom is 0.145 e. The van der Waals surface area contributed by atoms with Crippen LogP contribution in [0.2, 0.25) is 0 Å². The van der Waals surface area contributed by atoms with E-state index in [2.05, 4.69) is 26.1 Å². The number of aromatic nitrogens is 2. The van der Waals surface area contributed by atoms with Crippen LogP contribution in [-0.4, -0.2) is 17.3 Å². The summed E-state index contributed by atoms with van der Waals surface area (Å²) < 4.78 is 6.19. The van der Waals surface area contributed by atoms with Crippen molar-refractivity contribution in [3.05, 3.63) is 28.2 Å². The Bertz CT molecular complexity index is 499. The molecule has 0 radical (unpaired) electrons. The van der Waals surface area contributed by atoms with Gasteiger partial charge in [-0.15, -0.1) is 0 Å². The Morgan fingerprint density at radius 2 is 2.12 bits per heavy atom. The van der Waals surface area contributed by atoms with E-state index < -0.39 is 0 Å². The number of benzene rings is 1. The summed E-state index contributed by atoms with van der Waals surface area (Å²) in [7, 11) is 1.65. The molecule has 2 aromatic rings. The maximum atomic E-state index is 5.57. The van der Waals surface area contributed by atoms with E-state index in [4.69, 9.17) is 10.5 Å². The van der Waals surface area contributed by atoms with E-state index in [1.54, 1.807) is 13.2 Å². The number of rotatable bonds is 2. The third-order valence-corrected chi connectivity index (χ3v) is 2.93. The third kappa shape index (κ3) is 1.90. The molecule has 16 heavy (non-hydrogen) atoms. The van der Waals surface area contributed by atoms with Crippen molar-refractivity contribution >= 4 is 21.7 Å². The average molecular weight is 282 g/mol. The predicted molar refractivity (Wildman–Crippen MR) is 67.4 cm³/mol. The predicted octanol–water partition coefficient (Wildman–Crippen LogP) is 2.74. The highest BCUT2D eigenvalue weighted by Gasteiger charge is 2.09. The number of H-pyrrole nitrogens is 1. The summed E-state index contributed by atoms with van der Waals surface area (Å²) in [4.78, 5) is 0. The Morgan fingerprint density at radius 3 is 2.62 bits per heavy atom. The zero-order chi connectivity index (χ0) is 11.7. The molecular formula is C11H12BrN3O. The van der Waals surface area contributed by atoms with E-state index in [9.17, 15) is 0 Å². The number of nitrogen functional groups attached to an aromatic ring is 1. The summed E-state index contributed by atoms with van der Waals surface area (Å²) in [5.74, 6) is 1.33. The van der Waals surface area contributed by atoms with E-state index >= 15 is 0 Å². The lowest BCUT2D eigenvalue weighted by Gasteiger charge is -2.09. The van der Waals surface area contributed by atoms with Gasteiger partial charge in [-0.1, -0.05) is 0 Å². The van der Waals surface area contributed by atoms with Crippen molar-refractivity contribution in [2.75, 3.05) is 12.8 Å². The molecule has 0 fully saturated rings. The summed E-state index contributed by atoms with van der Waals surface area (Å²) in [6, 6.07) is 5.79. The number of methoxy groups -OCH3 is 1. The smallest absolute Gasteiger partial charge is 0.145 e. The van der Waals surface area contributed by atoms with Crippen LogP contribution >= 0.6 is 15.9 Å². The molecule has 1 aromatic carbocycles.